The first kappa shape index (κ1) is 22.5. The molecule has 0 saturated carbocycles. The number of benzene rings is 2. The molecule has 1 unspecified atom stereocenters. The summed E-state index contributed by atoms with van der Waals surface area (Å²) in [6, 6.07) is 12.0. The second-order valence-electron chi connectivity index (χ2n) is 7.58. The van der Waals surface area contributed by atoms with Crippen LogP contribution in [0.25, 0.3) is 5.76 Å². The number of Topliss-reactive ketones (excluding diaryl/α,β-unsaturated/α-hetero) is 1. The molecule has 2 aromatic carbocycles. The Labute approximate surface area is 194 Å². The summed E-state index contributed by atoms with van der Waals surface area (Å²) < 4.78 is 24.5. The highest BCUT2D eigenvalue weighted by Crippen LogP contribution is 2.43. The summed E-state index contributed by atoms with van der Waals surface area (Å²) in [5, 5.41) is 13.0. The van der Waals surface area contributed by atoms with E-state index in [4.69, 9.17) is 9.47 Å². The fourth-order valence-electron chi connectivity index (χ4n) is 3.93. The Morgan fingerprint density at radius 2 is 1.85 bits per heavy atom. The number of nitrogens with zero attached hydrogens (tertiary/aromatic N) is 1. The first-order valence-corrected chi connectivity index (χ1v) is 11.0. The molecular formula is C25H22FNO5S. The molecule has 8 heteroatoms. The maximum Gasteiger partial charge on any atom is 0.295 e. The number of rotatable bonds is 6. The number of ether oxygens (including phenoxy) is 2. The molecule has 0 bridgehead atoms. The van der Waals surface area contributed by atoms with E-state index in [-0.39, 0.29) is 23.4 Å². The van der Waals surface area contributed by atoms with Crippen molar-refractivity contribution in [2.75, 3.05) is 14.2 Å². The quantitative estimate of drug-likeness (QED) is 0.319. The van der Waals surface area contributed by atoms with Gasteiger partial charge in [0, 0.05) is 10.4 Å². The van der Waals surface area contributed by atoms with Gasteiger partial charge < -0.3 is 19.5 Å². The van der Waals surface area contributed by atoms with Crippen molar-refractivity contribution in [2.24, 2.45) is 0 Å². The van der Waals surface area contributed by atoms with E-state index in [1.807, 2.05) is 17.5 Å². The number of ketones is 1. The predicted molar refractivity (Wildman–Crippen MR) is 123 cm³/mol. The van der Waals surface area contributed by atoms with Gasteiger partial charge in [0.25, 0.3) is 11.7 Å². The number of hydrogen-bond donors (Lipinski definition) is 1. The van der Waals surface area contributed by atoms with E-state index in [0.717, 1.165) is 4.88 Å². The number of carbonyl (C=O) groups is 2. The van der Waals surface area contributed by atoms with Crippen LogP contribution in [0.5, 0.6) is 11.5 Å². The molecule has 170 valence electrons. The number of aliphatic hydroxyl groups is 1. The van der Waals surface area contributed by atoms with Crippen LogP contribution >= 0.6 is 11.3 Å². The van der Waals surface area contributed by atoms with Gasteiger partial charge in [-0.2, -0.15) is 0 Å². The van der Waals surface area contributed by atoms with Crippen molar-refractivity contribution in [2.45, 2.75) is 19.5 Å². The molecule has 1 aliphatic rings. The number of hydrogen-bond acceptors (Lipinski definition) is 6. The number of methoxy groups -OCH3 is 2. The van der Waals surface area contributed by atoms with Crippen molar-refractivity contribution < 1.29 is 28.6 Å². The van der Waals surface area contributed by atoms with Gasteiger partial charge in [-0.3, -0.25) is 9.59 Å². The number of likely N-dealkylation sites (tertiary alicyclic amines) is 1. The Balaban J connectivity index is 1.90. The molecule has 1 saturated heterocycles. The van der Waals surface area contributed by atoms with Gasteiger partial charge in [-0.15, -0.1) is 11.3 Å². The fourth-order valence-corrected chi connectivity index (χ4v) is 4.63. The van der Waals surface area contributed by atoms with Gasteiger partial charge >= 0.3 is 0 Å². The zero-order valence-electron chi connectivity index (χ0n) is 18.3. The lowest BCUT2D eigenvalue weighted by molar-refractivity contribution is -0.140. The molecule has 1 aromatic heterocycles. The van der Waals surface area contributed by atoms with Crippen LogP contribution in [0.4, 0.5) is 4.39 Å². The molecule has 0 spiro atoms. The monoisotopic (exact) mass is 467 g/mol. The minimum atomic E-state index is -0.864. The third-order valence-corrected chi connectivity index (χ3v) is 6.46. The summed E-state index contributed by atoms with van der Waals surface area (Å²) >= 11 is 1.46. The van der Waals surface area contributed by atoms with Crippen molar-refractivity contribution in [1.29, 1.82) is 0 Å². The topological polar surface area (TPSA) is 76.1 Å². The molecule has 1 atom stereocenters. The number of amides is 1. The summed E-state index contributed by atoms with van der Waals surface area (Å²) in [4.78, 5) is 28.5. The van der Waals surface area contributed by atoms with Crippen molar-refractivity contribution in [3.05, 3.63) is 86.9 Å². The minimum absolute atomic E-state index is 0.0604. The molecule has 6 nitrogen and oxygen atoms in total. The van der Waals surface area contributed by atoms with Gasteiger partial charge in [-0.05, 0) is 59.8 Å². The van der Waals surface area contributed by atoms with Gasteiger partial charge in [0.2, 0.25) is 0 Å². The minimum Gasteiger partial charge on any atom is -0.507 e. The lowest BCUT2D eigenvalue weighted by Gasteiger charge is -2.25. The second-order valence-corrected chi connectivity index (χ2v) is 8.62. The van der Waals surface area contributed by atoms with E-state index >= 15 is 0 Å². The van der Waals surface area contributed by atoms with E-state index < -0.39 is 23.5 Å². The van der Waals surface area contributed by atoms with E-state index in [0.29, 0.717) is 22.6 Å². The van der Waals surface area contributed by atoms with Crippen LogP contribution in [0.3, 0.4) is 0 Å². The highest BCUT2D eigenvalue weighted by Gasteiger charge is 2.46. The SMILES string of the molecule is COc1ccc(C2/C(=C(/O)c3ccc(F)c(C)c3)C(=O)C(=O)N2Cc2cccs2)cc1OC. The van der Waals surface area contributed by atoms with Crippen molar-refractivity contribution >= 4 is 28.8 Å². The van der Waals surface area contributed by atoms with Crippen molar-refractivity contribution in [3.8, 4) is 11.5 Å². The summed E-state index contributed by atoms with van der Waals surface area (Å²) in [7, 11) is 3.00. The molecule has 1 fully saturated rings. The van der Waals surface area contributed by atoms with Gasteiger partial charge in [-0.1, -0.05) is 12.1 Å². The molecule has 33 heavy (non-hydrogen) atoms. The molecule has 3 aromatic rings. The number of thiophene rings is 1. The molecule has 1 amide bonds. The molecule has 4 rings (SSSR count). The van der Waals surface area contributed by atoms with Crippen LogP contribution in [-0.4, -0.2) is 35.9 Å². The number of halogens is 1. The molecule has 1 aliphatic heterocycles. The molecular weight excluding hydrogens is 445 g/mol. The lowest BCUT2D eigenvalue weighted by Crippen LogP contribution is -2.28. The van der Waals surface area contributed by atoms with E-state index in [1.165, 1.54) is 48.7 Å². The molecule has 0 aliphatic carbocycles. The third kappa shape index (κ3) is 4.09. The van der Waals surface area contributed by atoms with E-state index in [9.17, 15) is 19.1 Å². The number of aliphatic hydroxyl groups excluding tert-OH is 1. The van der Waals surface area contributed by atoms with Gasteiger partial charge in [-0.25, -0.2) is 4.39 Å². The fraction of sp³-hybridized carbons (Fsp3) is 0.200. The Morgan fingerprint density at radius 3 is 2.48 bits per heavy atom. The van der Waals surface area contributed by atoms with Crippen LogP contribution < -0.4 is 9.47 Å². The highest BCUT2D eigenvalue weighted by molar-refractivity contribution is 7.09. The van der Waals surface area contributed by atoms with E-state index in [2.05, 4.69) is 0 Å². The average molecular weight is 468 g/mol. The number of carbonyl (C=O) groups excluding carboxylic acids is 2. The zero-order chi connectivity index (χ0) is 23.7. The van der Waals surface area contributed by atoms with E-state index in [1.54, 1.807) is 25.1 Å². The Bertz CT molecular complexity index is 1250. The smallest absolute Gasteiger partial charge is 0.295 e. The van der Waals surface area contributed by atoms with Crippen LogP contribution in [0.1, 0.15) is 27.6 Å². The Kier molecular flexibility index (Phi) is 6.20. The standard InChI is InChI=1S/C25H22FNO5S/c1-14-11-16(6-8-18(14)26)23(28)21-22(15-7-9-19(31-2)20(12-15)32-3)27(25(30)24(21)29)13-17-5-4-10-33-17/h4-12,22,28H,13H2,1-3H3/b23-21-. The van der Waals surface area contributed by atoms with Crippen molar-refractivity contribution in [3.63, 3.8) is 0 Å². The van der Waals surface area contributed by atoms with Gasteiger partial charge in [0.1, 0.15) is 11.6 Å². The predicted octanol–water partition coefficient (Wildman–Crippen LogP) is 4.83. The Hall–Kier alpha value is -3.65. The zero-order valence-corrected chi connectivity index (χ0v) is 19.1. The first-order chi connectivity index (χ1) is 15.8. The second kappa shape index (κ2) is 9.07. The summed E-state index contributed by atoms with van der Waals surface area (Å²) in [5.74, 6) is -1.39. The van der Waals surface area contributed by atoms with Gasteiger partial charge in [0.15, 0.2) is 11.5 Å². The normalized spacial score (nSPS) is 17.5. The van der Waals surface area contributed by atoms with Crippen LogP contribution in [0.15, 0.2) is 59.5 Å². The Morgan fingerprint density at radius 1 is 1.09 bits per heavy atom. The molecule has 1 N–H and O–H groups in total. The molecule has 0 radical (unpaired) electrons. The summed E-state index contributed by atoms with van der Waals surface area (Å²) in [6.07, 6.45) is 0. The maximum atomic E-state index is 13.8. The van der Waals surface area contributed by atoms with Crippen molar-refractivity contribution in [1.82, 2.24) is 4.90 Å². The maximum absolute atomic E-state index is 13.8. The summed E-state index contributed by atoms with van der Waals surface area (Å²) in [5.41, 5.74) is 1.08. The van der Waals surface area contributed by atoms with Gasteiger partial charge in [0.05, 0.1) is 32.4 Å². The first-order valence-electron chi connectivity index (χ1n) is 10.1. The van der Waals surface area contributed by atoms with Crippen LogP contribution in [-0.2, 0) is 16.1 Å². The summed E-state index contributed by atoms with van der Waals surface area (Å²) in [6.45, 7) is 1.76. The number of aryl methyl sites for hydroxylation is 1. The highest BCUT2D eigenvalue weighted by atomic mass is 32.1. The van der Waals surface area contributed by atoms with Crippen LogP contribution in [0, 0.1) is 12.7 Å². The lowest BCUT2D eigenvalue weighted by atomic mass is 9.94. The average Bonchev–Trinajstić information content (AvgIpc) is 3.42. The largest absolute Gasteiger partial charge is 0.507 e. The molecule has 2 heterocycles. The third-order valence-electron chi connectivity index (χ3n) is 5.60. The van der Waals surface area contributed by atoms with Crippen LogP contribution in [0.2, 0.25) is 0 Å².